The van der Waals surface area contributed by atoms with Gasteiger partial charge >= 0.3 is 0 Å². The molecule has 0 saturated carbocycles. The monoisotopic (exact) mass is 412 g/mol. The zero-order valence-corrected chi connectivity index (χ0v) is 17.4. The van der Waals surface area contributed by atoms with Crippen LogP contribution < -0.4 is 15.5 Å². The number of aryl methyl sites for hydroxylation is 1. The van der Waals surface area contributed by atoms with E-state index in [0.29, 0.717) is 19.6 Å². The van der Waals surface area contributed by atoms with E-state index in [2.05, 4.69) is 50.8 Å². The van der Waals surface area contributed by atoms with Crippen molar-refractivity contribution in [1.29, 1.82) is 0 Å². The smallest absolute Gasteiger partial charge is 0.237 e. The highest BCUT2D eigenvalue weighted by Gasteiger charge is 2.31. The Bertz CT molecular complexity index is 839. The molecule has 2 N–H and O–H groups in total. The molecule has 0 bridgehead atoms. The Balaban J connectivity index is 1.29. The van der Waals surface area contributed by atoms with Gasteiger partial charge in [-0.25, -0.2) is 0 Å². The van der Waals surface area contributed by atoms with Crippen molar-refractivity contribution in [3.63, 3.8) is 0 Å². The van der Waals surface area contributed by atoms with Gasteiger partial charge in [0.05, 0.1) is 12.5 Å². The van der Waals surface area contributed by atoms with Crippen molar-refractivity contribution >= 4 is 28.8 Å². The fourth-order valence-electron chi connectivity index (χ4n) is 4.20. The van der Waals surface area contributed by atoms with Gasteiger partial charge < -0.3 is 15.5 Å². The Hall–Kier alpha value is -2.38. The minimum Gasteiger partial charge on any atom is -0.370 e. The second-order valence-electron chi connectivity index (χ2n) is 7.63. The second kappa shape index (κ2) is 9.41. The molecule has 4 rings (SSSR count). The molecule has 2 aromatic rings. The topological polar surface area (TPSA) is 64.7 Å². The summed E-state index contributed by atoms with van der Waals surface area (Å²) in [5.41, 5.74) is 2.66. The molecular formula is C22H28N4O2S. The Kier molecular flexibility index (Phi) is 6.46. The molecule has 154 valence electrons. The molecule has 7 heteroatoms. The van der Waals surface area contributed by atoms with E-state index in [-0.39, 0.29) is 18.2 Å². The summed E-state index contributed by atoms with van der Waals surface area (Å²) in [5, 5.41) is 7.97. The number of rotatable bonds is 7. The van der Waals surface area contributed by atoms with E-state index < -0.39 is 6.04 Å². The van der Waals surface area contributed by atoms with Gasteiger partial charge in [0.1, 0.15) is 0 Å². The highest BCUT2D eigenvalue weighted by molar-refractivity contribution is 7.09. The summed E-state index contributed by atoms with van der Waals surface area (Å²) in [5.74, 6) is -0.110. The van der Waals surface area contributed by atoms with Gasteiger partial charge in [-0.05, 0) is 35.9 Å². The molecule has 1 atom stereocenters. The van der Waals surface area contributed by atoms with E-state index >= 15 is 0 Å². The first-order valence-corrected chi connectivity index (χ1v) is 11.2. The third-order valence-corrected chi connectivity index (χ3v) is 6.53. The lowest BCUT2D eigenvalue weighted by atomic mass is 10.0. The van der Waals surface area contributed by atoms with Crippen LogP contribution in [-0.2, 0) is 22.6 Å². The van der Waals surface area contributed by atoms with Gasteiger partial charge in [0, 0.05) is 49.8 Å². The van der Waals surface area contributed by atoms with Crippen LogP contribution >= 0.6 is 11.3 Å². The number of benzene rings is 1. The van der Waals surface area contributed by atoms with E-state index in [1.165, 1.54) is 16.1 Å². The lowest BCUT2D eigenvalue weighted by Crippen LogP contribution is -2.56. The Morgan fingerprint density at radius 1 is 1.21 bits per heavy atom. The Morgan fingerprint density at radius 3 is 2.97 bits per heavy atom. The van der Waals surface area contributed by atoms with Gasteiger partial charge in [-0.2, -0.15) is 0 Å². The maximum Gasteiger partial charge on any atom is 0.237 e. The Morgan fingerprint density at radius 2 is 2.10 bits per heavy atom. The van der Waals surface area contributed by atoms with Crippen LogP contribution in [0.4, 0.5) is 5.69 Å². The number of piperazine rings is 1. The van der Waals surface area contributed by atoms with Crippen LogP contribution in [-0.4, -0.2) is 55.5 Å². The molecule has 2 aliphatic heterocycles. The van der Waals surface area contributed by atoms with E-state index in [4.69, 9.17) is 0 Å². The third kappa shape index (κ3) is 4.97. The molecule has 0 spiro atoms. The molecule has 1 unspecified atom stereocenters. The maximum absolute atomic E-state index is 12.6. The molecule has 2 amide bonds. The molecule has 1 aromatic carbocycles. The molecule has 1 fully saturated rings. The maximum atomic E-state index is 12.6. The molecule has 0 aliphatic carbocycles. The first-order chi connectivity index (χ1) is 14.2. The van der Waals surface area contributed by atoms with Gasteiger partial charge in [-0.1, -0.05) is 24.3 Å². The van der Waals surface area contributed by atoms with Crippen LogP contribution in [0, 0.1) is 0 Å². The number of fused-ring (bicyclic) bond motifs is 1. The molecule has 29 heavy (non-hydrogen) atoms. The number of anilines is 1. The fraction of sp³-hybridized carbons (Fsp3) is 0.455. The quantitative estimate of drug-likeness (QED) is 0.730. The van der Waals surface area contributed by atoms with Crippen LogP contribution in [0.5, 0.6) is 0 Å². The van der Waals surface area contributed by atoms with E-state index in [0.717, 1.165) is 32.5 Å². The number of nitrogens with zero attached hydrogens (tertiary/aromatic N) is 2. The zero-order valence-electron chi connectivity index (χ0n) is 16.6. The normalized spacial score (nSPS) is 19.5. The lowest BCUT2D eigenvalue weighted by Gasteiger charge is -2.34. The summed E-state index contributed by atoms with van der Waals surface area (Å²) >= 11 is 1.68. The van der Waals surface area contributed by atoms with E-state index in [9.17, 15) is 9.59 Å². The predicted molar refractivity (Wildman–Crippen MR) is 116 cm³/mol. The van der Waals surface area contributed by atoms with Gasteiger partial charge in [0.2, 0.25) is 11.8 Å². The predicted octanol–water partition coefficient (Wildman–Crippen LogP) is 2.01. The van der Waals surface area contributed by atoms with Crippen LogP contribution in [0.2, 0.25) is 0 Å². The number of carbonyl (C=O) groups excluding carboxylic acids is 2. The van der Waals surface area contributed by atoms with Gasteiger partial charge in [0.25, 0.3) is 0 Å². The number of hydrogen-bond donors (Lipinski definition) is 2. The summed E-state index contributed by atoms with van der Waals surface area (Å²) in [7, 11) is 0. The van der Waals surface area contributed by atoms with Gasteiger partial charge in [0.15, 0.2) is 0 Å². The molecule has 1 aromatic heterocycles. The number of nitrogens with one attached hydrogen (secondary N) is 2. The first kappa shape index (κ1) is 19.9. The lowest BCUT2D eigenvalue weighted by molar-refractivity contribution is -0.134. The first-order valence-electron chi connectivity index (χ1n) is 10.3. The van der Waals surface area contributed by atoms with Crippen molar-refractivity contribution in [1.82, 2.24) is 15.5 Å². The summed E-state index contributed by atoms with van der Waals surface area (Å²) in [6.45, 7) is 4.52. The van der Waals surface area contributed by atoms with Crippen molar-refractivity contribution in [2.75, 3.05) is 37.6 Å². The fourth-order valence-corrected chi connectivity index (χ4v) is 4.93. The summed E-state index contributed by atoms with van der Waals surface area (Å²) in [4.78, 5) is 30.6. The number of amides is 2. The van der Waals surface area contributed by atoms with Crippen molar-refractivity contribution < 1.29 is 9.59 Å². The minimum atomic E-state index is -0.401. The van der Waals surface area contributed by atoms with Gasteiger partial charge in [-0.3, -0.25) is 14.5 Å². The summed E-state index contributed by atoms with van der Waals surface area (Å²) in [6, 6.07) is 12.2. The Labute approximate surface area is 175 Å². The summed E-state index contributed by atoms with van der Waals surface area (Å²) in [6.07, 6.45) is 2.47. The average molecular weight is 413 g/mol. The molecular weight excluding hydrogens is 384 g/mol. The van der Waals surface area contributed by atoms with Crippen molar-refractivity contribution in [2.24, 2.45) is 0 Å². The second-order valence-corrected chi connectivity index (χ2v) is 8.66. The summed E-state index contributed by atoms with van der Waals surface area (Å²) < 4.78 is 0. The largest absolute Gasteiger partial charge is 0.370 e. The number of carbonyl (C=O) groups is 2. The van der Waals surface area contributed by atoms with E-state index in [1.54, 1.807) is 11.3 Å². The average Bonchev–Trinajstić information content (AvgIpc) is 3.24. The van der Waals surface area contributed by atoms with Crippen LogP contribution in [0.25, 0.3) is 0 Å². The SMILES string of the molecule is O=C(CC1C(=O)NCCN1Cc1cccs1)NCCN1CCCc2ccccc21. The number of hydrogen-bond acceptors (Lipinski definition) is 5. The number of thiophene rings is 1. The van der Waals surface area contributed by atoms with Crippen LogP contribution in [0.1, 0.15) is 23.3 Å². The molecule has 3 heterocycles. The van der Waals surface area contributed by atoms with Crippen molar-refractivity contribution in [3.05, 3.63) is 52.2 Å². The highest BCUT2D eigenvalue weighted by Crippen LogP contribution is 2.26. The molecule has 0 radical (unpaired) electrons. The van der Waals surface area contributed by atoms with Crippen LogP contribution in [0.15, 0.2) is 41.8 Å². The molecule has 1 saturated heterocycles. The zero-order chi connectivity index (χ0) is 20.1. The number of para-hydroxylation sites is 1. The van der Waals surface area contributed by atoms with Crippen molar-refractivity contribution in [2.45, 2.75) is 31.8 Å². The third-order valence-electron chi connectivity index (χ3n) is 5.67. The molecule has 2 aliphatic rings. The molecule has 6 nitrogen and oxygen atoms in total. The van der Waals surface area contributed by atoms with Gasteiger partial charge in [-0.15, -0.1) is 11.3 Å². The van der Waals surface area contributed by atoms with Crippen LogP contribution in [0.3, 0.4) is 0 Å². The standard InChI is InChI=1S/C22H28N4O2S/c27-21(23-9-12-25-11-3-6-17-5-1-2-8-19(17)25)15-20-22(28)24-10-13-26(20)16-18-7-4-14-29-18/h1-2,4-5,7-8,14,20H,3,6,9-13,15-16H2,(H,23,27)(H,24,28). The highest BCUT2D eigenvalue weighted by atomic mass is 32.1. The van der Waals surface area contributed by atoms with Crippen molar-refractivity contribution in [3.8, 4) is 0 Å². The minimum absolute atomic E-state index is 0.0482. The van der Waals surface area contributed by atoms with E-state index in [1.807, 2.05) is 11.4 Å².